The van der Waals surface area contributed by atoms with Crippen molar-refractivity contribution in [2.45, 2.75) is 69.3 Å². The highest BCUT2D eigenvalue weighted by atomic mass is 35.5. The molecule has 0 amide bonds. The van der Waals surface area contributed by atoms with E-state index >= 15 is 0 Å². The lowest BCUT2D eigenvalue weighted by Crippen LogP contribution is -2.66. The van der Waals surface area contributed by atoms with Gasteiger partial charge >= 0.3 is 0 Å². The van der Waals surface area contributed by atoms with Crippen LogP contribution in [-0.2, 0) is 55.7 Å². The second-order valence-corrected chi connectivity index (χ2v) is 13.8. The lowest BCUT2D eigenvalue weighted by Gasteiger charge is -2.51. The SMILES string of the molecule is CCOc1ccc(Cc2cc([C@]34OC[C@@](CCO)(O3)[C@H](OCc3ccccc3)[C@H](OCc3ccccc3)[C@H]4OCc3ccccc3)ccc2Cl)cc1. The highest BCUT2D eigenvalue weighted by Gasteiger charge is 2.69. The maximum atomic E-state index is 10.5. The Labute approximate surface area is 311 Å². The van der Waals surface area contributed by atoms with Crippen molar-refractivity contribution in [2.75, 3.05) is 19.8 Å². The fourth-order valence-corrected chi connectivity index (χ4v) is 7.42. The van der Waals surface area contributed by atoms with E-state index in [2.05, 4.69) is 12.1 Å². The van der Waals surface area contributed by atoms with Crippen LogP contribution in [0.1, 0.15) is 46.7 Å². The van der Waals surface area contributed by atoms with Gasteiger partial charge in [-0.2, -0.15) is 0 Å². The van der Waals surface area contributed by atoms with Crippen LogP contribution < -0.4 is 4.74 Å². The third-order valence-electron chi connectivity index (χ3n) is 9.82. The number of fused-ring (bicyclic) bond motifs is 2. The third-order valence-corrected chi connectivity index (χ3v) is 10.2. The maximum Gasteiger partial charge on any atom is 0.225 e. The second kappa shape index (κ2) is 16.7. The predicted octanol–water partition coefficient (Wildman–Crippen LogP) is 8.42. The van der Waals surface area contributed by atoms with Crippen molar-refractivity contribution in [1.29, 1.82) is 0 Å². The highest BCUT2D eigenvalue weighted by Crippen LogP contribution is 2.54. The van der Waals surface area contributed by atoms with Crippen LogP contribution >= 0.6 is 11.6 Å². The Balaban J connectivity index is 1.30. The van der Waals surface area contributed by atoms with Gasteiger partial charge in [-0.25, -0.2) is 0 Å². The Bertz CT molecular complexity index is 1860. The molecule has 2 saturated heterocycles. The van der Waals surface area contributed by atoms with Crippen LogP contribution in [0.25, 0.3) is 0 Å². The number of halogens is 1. The Hall–Kier alpha value is -4.05. The molecule has 0 unspecified atom stereocenters. The molecule has 2 heterocycles. The summed E-state index contributed by atoms with van der Waals surface area (Å²) in [5.41, 5.74) is 4.74. The van der Waals surface area contributed by atoms with Gasteiger partial charge < -0.3 is 33.5 Å². The van der Waals surface area contributed by atoms with E-state index in [1.54, 1.807) is 0 Å². The first-order chi connectivity index (χ1) is 25.5. The van der Waals surface area contributed by atoms with Gasteiger partial charge in [-0.05, 0) is 65.4 Å². The minimum absolute atomic E-state index is 0.130. The van der Waals surface area contributed by atoms with Crippen molar-refractivity contribution < 1.29 is 33.5 Å². The zero-order valence-electron chi connectivity index (χ0n) is 29.4. The summed E-state index contributed by atoms with van der Waals surface area (Å²) in [4.78, 5) is 0. The molecule has 0 aromatic heterocycles. The normalized spacial score (nSPS) is 23.8. The highest BCUT2D eigenvalue weighted by molar-refractivity contribution is 6.31. The molecule has 0 aliphatic carbocycles. The number of rotatable bonds is 16. The molecule has 0 saturated carbocycles. The summed E-state index contributed by atoms with van der Waals surface area (Å²) < 4.78 is 40.4. The summed E-state index contributed by atoms with van der Waals surface area (Å²) in [7, 11) is 0. The largest absolute Gasteiger partial charge is 0.494 e. The first-order valence-electron chi connectivity index (χ1n) is 17.9. The Morgan fingerprint density at radius 1 is 0.692 bits per heavy atom. The quantitative estimate of drug-likeness (QED) is 0.110. The molecule has 7 nitrogen and oxygen atoms in total. The summed E-state index contributed by atoms with van der Waals surface area (Å²) in [6.45, 7) is 3.54. The Morgan fingerprint density at radius 2 is 1.27 bits per heavy atom. The standard InChI is InChI=1S/C44H45ClO7/c1-2-47-38-21-18-32(19-22-38)26-36-27-37(20-23-39(36)45)44-42(50-30-35-16-10-5-11-17-35)40(48-28-33-12-6-3-7-13-33)41(43(52-44,24-25-46)31-51-44)49-29-34-14-8-4-9-15-34/h3-23,27,40-42,46H,2,24-26,28-31H2,1H3/t40-,41+,42+,43+,44-/m0/s1. The number of benzene rings is 5. The summed E-state index contributed by atoms with van der Waals surface area (Å²) in [6, 6.07) is 44.0. The molecule has 7 rings (SSSR count). The van der Waals surface area contributed by atoms with Crippen molar-refractivity contribution >= 4 is 11.6 Å². The van der Waals surface area contributed by atoms with E-state index in [-0.39, 0.29) is 26.2 Å². The molecule has 0 radical (unpaired) electrons. The molecule has 5 aromatic rings. The van der Waals surface area contributed by atoms with E-state index in [0.29, 0.717) is 31.3 Å². The van der Waals surface area contributed by atoms with Crippen LogP contribution in [0.5, 0.6) is 5.75 Å². The summed E-state index contributed by atoms with van der Waals surface area (Å²) in [5.74, 6) is -0.569. The number of aliphatic hydroxyl groups is 1. The molecule has 8 heteroatoms. The van der Waals surface area contributed by atoms with E-state index in [4.69, 9.17) is 40.0 Å². The van der Waals surface area contributed by atoms with Crippen LogP contribution in [-0.4, -0.2) is 48.8 Å². The molecule has 2 bridgehead atoms. The zero-order chi connectivity index (χ0) is 35.8. The van der Waals surface area contributed by atoms with E-state index in [9.17, 15) is 5.11 Å². The monoisotopic (exact) mass is 720 g/mol. The smallest absolute Gasteiger partial charge is 0.225 e. The van der Waals surface area contributed by atoms with Gasteiger partial charge in [-0.3, -0.25) is 0 Å². The topological polar surface area (TPSA) is 75.6 Å². The summed E-state index contributed by atoms with van der Waals surface area (Å²) in [5, 5.41) is 11.1. The maximum absolute atomic E-state index is 10.5. The van der Waals surface area contributed by atoms with Crippen LogP contribution in [0.2, 0.25) is 5.02 Å². The molecule has 2 aliphatic rings. The molecular weight excluding hydrogens is 676 g/mol. The van der Waals surface area contributed by atoms with Crippen molar-refractivity contribution in [3.05, 3.63) is 172 Å². The number of ether oxygens (including phenoxy) is 6. The first kappa shape index (κ1) is 36.3. The fraction of sp³-hybridized carbons (Fsp3) is 0.318. The van der Waals surface area contributed by atoms with Gasteiger partial charge in [0.25, 0.3) is 0 Å². The van der Waals surface area contributed by atoms with Crippen LogP contribution in [0.15, 0.2) is 133 Å². The van der Waals surface area contributed by atoms with Gasteiger partial charge in [0.2, 0.25) is 5.79 Å². The first-order valence-corrected chi connectivity index (χ1v) is 18.3. The van der Waals surface area contributed by atoms with E-state index < -0.39 is 29.7 Å². The Kier molecular flexibility index (Phi) is 11.7. The van der Waals surface area contributed by atoms with Crippen molar-refractivity contribution in [3.8, 4) is 5.75 Å². The lowest BCUT2D eigenvalue weighted by atomic mass is 9.81. The summed E-state index contributed by atoms with van der Waals surface area (Å²) in [6.07, 6.45) is -1.21. The predicted molar refractivity (Wildman–Crippen MR) is 200 cm³/mol. The van der Waals surface area contributed by atoms with E-state index in [1.165, 1.54) is 0 Å². The molecule has 5 aromatic carbocycles. The van der Waals surface area contributed by atoms with Crippen molar-refractivity contribution in [2.24, 2.45) is 0 Å². The molecule has 5 atom stereocenters. The number of hydrogen-bond donors (Lipinski definition) is 1. The number of hydrogen-bond acceptors (Lipinski definition) is 7. The average Bonchev–Trinajstić information content (AvgIpc) is 3.53. The molecule has 0 spiro atoms. The fourth-order valence-electron chi connectivity index (χ4n) is 7.24. The molecule has 2 aliphatic heterocycles. The van der Waals surface area contributed by atoms with Gasteiger partial charge in [0.05, 0.1) is 33.0 Å². The molecule has 52 heavy (non-hydrogen) atoms. The third kappa shape index (κ3) is 7.97. The van der Waals surface area contributed by atoms with Gasteiger partial charge in [0.15, 0.2) is 0 Å². The number of aliphatic hydroxyl groups excluding tert-OH is 1. The van der Waals surface area contributed by atoms with Crippen molar-refractivity contribution in [1.82, 2.24) is 0 Å². The van der Waals surface area contributed by atoms with Gasteiger partial charge in [-0.15, -0.1) is 0 Å². The van der Waals surface area contributed by atoms with Gasteiger partial charge in [0, 0.05) is 23.6 Å². The van der Waals surface area contributed by atoms with E-state index in [1.807, 2.05) is 128 Å². The molecule has 2 fully saturated rings. The summed E-state index contributed by atoms with van der Waals surface area (Å²) >= 11 is 6.87. The lowest BCUT2D eigenvalue weighted by molar-refractivity contribution is -0.351. The average molecular weight is 721 g/mol. The minimum Gasteiger partial charge on any atom is -0.494 e. The minimum atomic E-state index is -1.39. The Morgan fingerprint density at radius 3 is 1.85 bits per heavy atom. The zero-order valence-corrected chi connectivity index (χ0v) is 30.1. The second-order valence-electron chi connectivity index (χ2n) is 13.4. The molecular formula is C44H45ClO7. The molecule has 1 N–H and O–H groups in total. The molecule has 270 valence electrons. The van der Waals surface area contributed by atoms with Gasteiger partial charge in [0.1, 0.15) is 29.7 Å². The van der Waals surface area contributed by atoms with Gasteiger partial charge in [-0.1, -0.05) is 121 Å². The van der Waals surface area contributed by atoms with E-state index in [0.717, 1.165) is 39.1 Å². The van der Waals surface area contributed by atoms with Crippen molar-refractivity contribution in [3.63, 3.8) is 0 Å². The van der Waals surface area contributed by atoms with Crippen LogP contribution in [0, 0.1) is 0 Å². The van der Waals surface area contributed by atoms with Crippen LogP contribution in [0.4, 0.5) is 0 Å². The van der Waals surface area contributed by atoms with Crippen LogP contribution in [0.3, 0.4) is 0 Å².